The number of amides is 1. The third-order valence-corrected chi connectivity index (χ3v) is 6.72. The Hall–Kier alpha value is -1.26. The van der Waals surface area contributed by atoms with Crippen molar-refractivity contribution in [3.63, 3.8) is 0 Å². The number of ether oxygens (including phenoxy) is 1. The zero-order chi connectivity index (χ0) is 19.9. The van der Waals surface area contributed by atoms with Gasteiger partial charge in [-0.15, -0.1) is 0 Å². The first-order valence-electron chi connectivity index (χ1n) is 10.9. The molecule has 1 aromatic rings. The van der Waals surface area contributed by atoms with Gasteiger partial charge >= 0.3 is 6.09 Å². The molecule has 2 aliphatic carbocycles. The van der Waals surface area contributed by atoms with Crippen LogP contribution in [0.1, 0.15) is 64.2 Å². The van der Waals surface area contributed by atoms with E-state index in [2.05, 4.69) is 11.9 Å². The van der Waals surface area contributed by atoms with Crippen LogP contribution in [0.5, 0.6) is 5.75 Å². The quantitative estimate of drug-likeness (QED) is 0.472. The van der Waals surface area contributed by atoms with Crippen LogP contribution in [0.4, 0.5) is 4.79 Å². The monoisotopic (exact) mass is 406 g/mol. The molecule has 0 saturated heterocycles. The average Bonchev–Trinajstić information content (AvgIpc) is 3.54. The fourth-order valence-electron chi connectivity index (χ4n) is 4.31. The Morgan fingerprint density at radius 1 is 0.964 bits per heavy atom. The molecule has 28 heavy (non-hydrogen) atoms. The predicted molar refractivity (Wildman–Crippen MR) is 115 cm³/mol. The summed E-state index contributed by atoms with van der Waals surface area (Å²) in [6.07, 6.45) is 12.5. The summed E-state index contributed by atoms with van der Waals surface area (Å²) >= 11 is 5.88. The summed E-state index contributed by atoms with van der Waals surface area (Å²) in [5.41, 5.74) is 0. The molecule has 2 saturated carbocycles. The van der Waals surface area contributed by atoms with Gasteiger partial charge in [-0.1, -0.05) is 30.9 Å². The molecule has 0 aromatic heterocycles. The fourth-order valence-corrected chi connectivity index (χ4v) is 4.44. The lowest BCUT2D eigenvalue weighted by atomic mass is 9.82. The summed E-state index contributed by atoms with van der Waals surface area (Å²) in [7, 11) is 4.13. The van der Waals surface area contributed by atoms with E-state index in [1.165, 1.54) is 57.9 Å². The number of nitrogens with zero attached hydrogens (tertiary/aromatic N) is 2. The van der Waals surface area contributed by atoms with Crippen molar-refractivity contribution in [2.24, 2.45) is 5.92 Å². The zero-order valence-electron chi connectivity index (χ0n) is 17.4. The number of hydrogen-bond acceptors (Lipinski definition) is 3. The van der Waals surface area contributed by atoms with Crippen molar-refractivity contribution in [2.75, 3.05) is 20.6 Å². The first-order chi connectivity index (χ1) is 13.5. The molecule has 5 heteroatoms. The minimum atomic E-state index is -0.273. The fraction of sp³-hybridized carbons (Fsp3) is 0.696. The third kappa shape index (κ3) is 6.66. The molecule has 4 nitrogen and oxygen atoms in total. The Kier molecular flexibility index (Phi) is 8.04. The SMILES string of the molecule is CN(CCCCC[C@H]1CC[C@H](N(C)C(=O)Oc2ccc(Cl)cc2)CC1)C1CC1. The molecule has 0 heterocycles. The van der Waals surface area contributed by atoms with Crippen molar-refractivity contribution in [3.8, 4) is 5.75 Å². The number of unbranched alkanes of at least 4 members (excludes halogenated alkanes) is 2. The Morgan fingerprint density at radius 3 is 2.25 bits per heavy atom. The van der Waals surface area contributed by atoms with E-state index in [-0.39, 0.29) is 6.09 Å². The summed E-state index contributed by atoms with van der Waals surface area (Å²) in [6.45, 7) is 1.26. The molecular weight excluding hydrogens is 372 g/mol. The van der Waals surface area contributed by atoms with Gasteiger partial charge < -0.3 is 14.5 Å². The van der Waals surface area contributed by atoms with Crippen LogP contribution in [-0.4, -0.2) is 48.6 Å². The van der Waals surface area contributed by atoms with Gasteiger partial charge in [0, 0.05) is 24.2 Å². The summed E-state index contributed by atoms with van der Waals surface area (Å²) < 4.78 is 5.47. The number of carbonyl (C=O) groups is 1. The topological polar surface area (TPSA) is 32.8 Å². The number of halogens is 1. The predicted octanol–water partition coefficient (Wildman–Crippen LogP) is 5.98. The largest absolute Gasteiger partial charge is 0.415 e. The Morgan fingerprint density at radius 2 is 1.61 bits per heavy atom. The van der Waals surface area contributed by atoms with E-state index >= 15 is 0 Å². The second kappa shape index (κ2) is 10.5. The van der Waals surface area contributed by atoms with Crippen LogP contribution in [0.15, 0.2) is 24.3 Å². The summed E-state index contributed by atoms with van der Waals surface area (Å²) in [5, 5.41) is 0.640. The molecule has 0 bridgehead atoms. The standard InChI is InChI=1S/C23H35ClN2O2/c1-25(20-13-14-20)17-5-3-4-6-18-7-11-21(12-8-18)26(2)23(27)28-22-15-9-19(24)10-16-22/h9-10,15-16,18,20-21H,3-8,11-14,17H2,1-2H3/t18-,21-. The second-order valence-electron chi connectivity index (χ2n) is 8.67. The first kappa shape index (κ1) is 21.4. The molecule has 3 rings (SSSR count). The van der Waals surface area contributed by atoms with Crippen molar-refractivity contribution in [3.05, 3.63) is 29.3 Å². The van der Waals surface area contributed by atoms with Gasteiger partial charge in [-0.2, -0.15) is 0 Å². The van der Waals surface area contributed by atoms with Crippen LogP contribution in [0.3, 0.4) is 0 Å². The molecule has 0 N–H and O–H groups in total. The van der Waals surface area contributed by atoms with Gasteiger partial charge in [0.1, 0.15) is 5.75 Å². The molecule has 1 amide bonds. The maximum atomic E-state index is 12.4. The van der Waals surface area contributed by atoms with Crippen molar-refractivity contribution < 1.29 is 9.53 Å². The van der Waals surface area contributed by atoms with E-state index in [1.807, 2.05) is 7.05 Å². The van der Waals surface area contributed by atoms with Gasteiger partial charge in [-0.05, 0) is 88.7 Å². The van der Waals surface area contributed by atoms with E-state index in [0.717, 1.165) is 24.8 Å². The highest BCUT2D eigenvalue weighted by Gasteiger charge is 2.28. The summed E-state index contributed by atoms with van der Waals surface area (Å²) in [4.78, 5) is 16.7. The highest BCUT2D eigenvalue weighted by atomic mass is 35.5. The molecule has 0 aliphatic heterocycles. The lowest BCUT2D eigenvalue weighted by Gasteiger charge is -2.34. The second-order valence-corrected chi connectivity index (χ2v) is 9.10. The number of carbonyl (C=O) groups excluding carboxylic acids is 1. The van der Waals surface area contributed by atoms with Gasteiger partial charge in [-0.25, -0.2) is 4.79 Å². The first-order valence-corrected chi connectivity index (χ1v) is 11.3. The minimum Gasteiger partial charge on any atom is -0.410 e. The minimum absolute atomic E-state index is 0.273. The zero-order valence-corrected chi connectivity index (χ0v) is 18.2. The molecule has 0 unspecified atom stereocenters. The van der Waals surface area contributed by atoms with E-state index < -0.39 is 0 Å². The average molecular weight is 407 g/mol. The van der Waals surface area contributed by atoms with Gasteiger partial charge in [0.2, 0.25) is 0 Å². The Labute approximate surface area is 175 Å². The van der Waals surface area contributed by atoms with E-state index in [9.17, 15) is 4.79 Å². The van der Waals surface area contributed by atoms with Crippen LogP contribution >= 0.6 is 11.6 Å². The molecular formula is C23H35ClN2O2. The van der Waals surface area contributed by atoms with E-state index in [4.69, 9.17) is 16.3 Å². The molecule has 0 radical (unpaired) electrons. The number of rotatable bonds is 9. The highest BCUT2D eigenvalue weighted by Crippen LogP contribution is 2.31. The van der Waals surface area contributed by atoms with Crippen molar-refractivity contribution in [1.82, 2.24) is 9.80 Å². The van der Waals surface area contributed by atoms with Gasteiger partial charge in [0.25, 0.3) is 0 Å². The van der Waals surface area contributed by atoms with E-state index in [0.29, 0.717) is 16.8 Å². The molecule has 1 aromatic carbocycles. The van der Waals surface area contributed by atoms with Crippen LogP contribution in [0, 0.1) is 5.92 Å². The molecule has 0 atom stereocenters. The van der Waals surface area contributed by atoms with E-state index in [1.54, 1.807) is 29.2 Å². The Balaban J connectivity index is 1.29. The highest BCUT2D eigenvalue weighted by molar-refractivity contribution is 6.30. The van der Waals surface area contributed by atoms with Gasteiger partial charge in [-0.3, -0.25) is 0 Å². The van der Waals surface area contributed by atoms with Crippen molar-refractivity contribution in [1.29, 1.82) is 0 Å². The lowest BCUT2D eigenvalue weighted by molar-refractivity contribution is 0.123. The third-order valence-electron chi connectivity index (χ3n) is 6.46. The molecule has 156 valence electrons. The summed E-state index contributed by atoms with van der Waals surface area (Å²) in [6, 6.07) is 8.11. The van der Waals surface area contributed by atoms with Crippen LogP contribution in [0.25, 0.3) is 0 Å². The molecule has 0 spiro atoms. The molecule has 2 aliphatic rings. The molecule has 2 fully saturated rings. The normalized spacial score (nSPS) is 22.3. The smallest absolute Gasteiger partial charge is 0.410 e. The van der Waals surface area contributed by atoms with Crippen LogP contribution < -0.4 is 4.74 Å². The van der Waals surface area contributed by atoms with Crippen LogP contribution in [0.2, 0.25) is 5.02 Å². The maximum Gasteiger partial charge on any atom is 0.415 e. The van der Waals surface area contributed by atoms with Gasteiger partial charge in [0.05, 0.1) is 0 Å². The lowest BCUT2D eigenvalue weighted by Crippen LogP contribution is -2.41. The van der Waals surface area contributed by atoms with Crippen molar-refractivity contribution >= 4 is 17.7 Å². The number of benzene rings is 1. The van der Waals surface area contributed by atoms with Crippen LogP contribution in [-0.2, 0) is 0 Å². The number of hydrogen-bond donors (Lipinski definition) is 0. The Bertz CT molecular complexity index is 610. The van der Waals surface area contributed by atoms with Gasteiger partial charge in [0.15, 0.2) is 0 Å². The maximum absolute atomic E-state index is 12.4. The summed E-state index contributed by atoms with van der Waals surface area (Å²) in [5.74, 6) is 1.38. The van der Waals surface area contributed by atoms with Crippen molar-refractivity contribution in [2.45, 2.75) is 76.3 Å².